The zero-order chi connectivity index (χ0) is 10.4. The standard InChI is InChI=1S/C9H9N3O3/c10-8-4-1-6-7(15-3-14-6)2-5(4)11-9(13)12-8/h1-2,4-5H,3H2,(H3,10,11,12,13). The highest BCUT2D eigenvalue weighted by Gasteiger charge is 2.35. The number of amidine groups is 1. The fourth-order valence-corrected chi connectivity index (χ4v) is 1.86. The van der Waals surface area contributed by atoms with Crippen LogP contribution < -0.4 is 11.1 Å². The zero-order valence-corrected chi connectivity index (χ0v) is 7.77. The van der Waals surface area contributed by atoms with E-state index < -0.39 is 6.03 Å². The molecule has 2 unspecified atom stereocenters. The predicted molar refractivity (Wildman–Crippen MR) is 50.6 cm³/mol. The van der Waals surface area contributed by atoms with Crippen LogP contribution in [0.1, 0.15) is 0 Å². The van der Waals surface area contributed by atoms with E-state index in [2.05, 4.69) is 10.3 Å². The summed E-state index contributed by atoms with van der Waals surface area (Å²) in [7, 11) is 0. The smallest absolute Gasteiger partial charge is 0.343 e. The van der Waals surface area contributed by atoms with Gasteiger partial charge in [-0.1, -0.05) is 0 Å². The second kappa shape index (κ2) is 2.75. The minimum absolute atomic E-state index is 0.136. The number of nitrogens with one attached hydrogen (secondary N) is 1. The molecule has 2 atom stereocenters. The van der Waals surface area contributed by atoms with Crippen molar-refractivity contribution in [2.24, 2.45) is 16.6 Å². The molecule has 2 aliphatic heterocycles. The minimum Gasteiger partial charge on any atom is -0.454 e. The van der Waals surface area contributed by atoms with Gasteiger partial charge in [-0.25, -0.2) is 4.79 Å². The minimum atomic E-state index is -0.415. The molecule has 2 heterocycles. The van der Waals surface area contributed by atoms with Gasteiger partial charge < -0.3 is 20.5 Å². The summed E-state index contributed by atoms with van der Waals surface area (Å²) in [5, 5.41) is 2.70. The van der Waals surface area contributed by atoms with E-state index in [1.807, 2.05) is 6.08 Å². The lowest BCUT2D eigenvalue weighted by molar-refractivity contribution is 0.0977. The maximum absolute atomic E-state index is 11.1. The van der Waals surface area contributed by atoms with Crippen LogP contribution in [0.4, 0.5) is 4.79 Å². The van der Waals surface area contributed by atoms with Crippen LogP contribution in [0.25, 0.3) is 0 Å². The summed E-state index contributed by atoms with van der Waals surface area (Å²) in [6, 6.07) is -0.600. The molecule has 0 aromatic heterocycles. The molecule has 6 nitrogen and oxygen atoms in total. The van der Waals surface area contributed by atoms with Crippen LogP contribution >= 0.6 is 0 Å². The van der Waals surface area contributed by atoms with Gasteiger partial charge in [-0.2, -0.15) is 4.99 Å². The van der Waals surface area contributed by atoms with Crippen molar-refractivity contribution in [1.82, 2.24) is 5.32 Å². The molecule has 1 fully saturated rings. The molecular weight excluding hydrogens is 198 g/mol. The van der Waals surface area contributed by atoms with Gasteiger partial charge in [-0.3, -0.25) is 0 Å². The number of carbonyl (C=O) groups is 1. The number of aliphatic imine (C=N–C) groups is 1. The molecule has 3 N–H and O–H groups in total. The number of rotatable bonds is 0. The van der Waals surface area contributed by atoms with Crippen molar-refractivity contribution in [3.8, 4) is 0 Å². The molecule has 3 rings (SSSR count). The predicted octanol–water partition coefficient (Wildman–Crippen LogP) is -0.163. The largest absolute Gasteiger partial charge is 0.454 e. The van der Waals surface area contributed by atoms with Crippen LogP contribution in [0.5, 0.6) is 0 Å². The van der Waals surface area contributed by atoms with Crippen molar-refractivity contribution in [3.05, 3.63) is 23.7 Å². The molecule has 0 bridgehead atoms. The molecule has 1 saturated heterocycles. The first-order valence-electron chi connectivity index (χ1n) is 4.58. The molecule has 1 aliphatic carbocycles. The second-order valence-corrected chi connectivity index (χ2v) is 3.51. The third-order valence-electron chi connectivity index (χ3n) is 2.58. The number of urea groups is 1. The zero-order valence-electron chi connectivity index (χ0n) is 7.77. The van der Waals surface area contributed by atoms with E-state index in [9.17, 15) is 4.79 Å². The van der Waals surface area contributed by atoms with Crippen molar-refractivity contribution >= 4 is 11.9 Å². The first-order valence-corrected chi connectivity index (χ1v) is 4.58. The van der Waals surface area contributed by atoms with E-state index in [4.69, 9.17) is 15.2 Å². The molecule has 0 aromatic carbocycles. The van der Waals surface area contributed by atoms with Crippen molar-refractivity contribution in [1.29, 1.82) is 0 Å². The normalized spacial score (nSPS) is 32.3. The van der Waals surface area contributed by atoms with Gasteiger partial charge in [-0.15, -0.1) is 0 Å². The first-order chi connectivity index (χ1) is 7.24. The number of hydrogen-bond donors (Lipinski definition) is 2. The fourth-order valence-electron chi connectivity index (χ4n) is 1.86. The Morgan fingerprint density at radius 1 is 1.40 bits per heavy atom. The number of fused-ring (bicyclic) bond motifs is 2. The van der Waals surface area contributed by atoms with Crippen LogP contribution in [-0.4, -0.2) is 24.7 Å². The average Bonchev–Trinajstić information content (AvgIpc) is 2.61. The SMILES string of the molecule is NC1=NC(=O)NC2C=C3OCOC3=CC12. The number of nitrogens with zero attached hydrogens (tertiary/aromatic N) is 1. The third kappa shape index (κ3) is 1.18. The summed E-state index contributed by atoms with van der Waals surface area (Å²) in [6.45, 7) is 0.210. The Bertz CT molecular complexity index is 424. The molecule has 15 heavy (non-hydrogen) atoms. The Hall–Kier alpha value is -1.98. The molecule has 0 spiro atoms. The first kappa shape index (κ1) is 8.34. The van der Waals surface area contributed by atoms with Crippen molar-refractivity contribution < 1.29 is 14.3 Å². The van der Waals surface area contributed by atoms with E-state index in [1.54, 1.807) is 6.08 Å². The fraction of sp³-hybridized carbons (Fsp3) is 0.333. The molecule has 0 aromatic rings. The van der Waals surface area contributed by atoms with Crippen LogP contribution in [0.3, 0.4) is 0 Å². The van der Waals surface area contributed by atoms with Gasteiger partial charge in [0.2, 0.25) is 6.79 Å². The Morgan fingerprint density at radius 2 is 2.13 bits per heavy atom. The van der Waals surface area contributed by atoms with Gasteiger partial charge in [0.15, 0.2) is 11.5 Å². The number of amides is 2. The summed E-state index contributed by atoms with van der Waals surface area (Å²) in [4.78, 5) is 14.8. The van der Waals surface area contributed by atoms with Crippen LogP contribution in [0.15, 0.2) is 28.7 Å². The van der Waals surface area contributed by atoms with E-state index >= 15 is 0 Å². The van der Waals surface area contributed by atoms with Crippen LogP contribution in [-0.2, 0) is 9.47 Å². The summed E-state index contributed by atoms with van der Waals surface area (Å²) in [5.74, 6) is 1.50. The van der Waals surface area contributed by atoms with E-state index in [-0.39, 0.29) is 18.8 Å². The van der Waals surface area contributed by atoms with Gasteiger partial charge in [-0.05, 0) is 12.2 Å². The Balaban J connectivity index is 2.01. The number of carbonyl (C=O) groups excluding carboxylic acids is 1. The van der Waals surface area contributed by atoms with Crippen molar-refractivity contribution in [3.63, 3.8) is 0 Å². The van der Waals surface area contributed by atoms with Gasteiger partial charge in [0.1, 0.15) is 5.84 Å². The van der Waals surface area contributed by atoms with Gasteiger partial charge >= 0.3 is 6.03 Å². The van der Waals surface area contributed by atoms with Crippen LogP contribution in [0.2, 0.25) is 0 Å². The highest BCUT2D eigenvalue weighted by Crippen LogP contribution is 2.30. The Morgan fingerprint density at radius 3 is 2.93 bits per heavy atom. The molecule has 3 aliphatic rings. The maximum atomic E-state index is 11.1. The highest BCUT2D eigenvalue weighted by molar-refractivity contribution is 5.98. The van der Waals surface area contributed by atoms with Crippen LogP contribution in [0, 0.1) is 5.92 Å². The van der Waals surface area contributed by atoms with Gasteiger partial charge in [0.05, 0.1) is 12.0 Å². The number of ether oxygens (including phenoxy) is 2. The number of nitrogens with two attached hydrogens (primary N) is 1. The highest BCUT2D eigenvalue weighted by atomic mass is 16.7. The quantitative estimate of drug-likeness (QED) is 0.577. The molecule has 6 heteroatoms. The topological polar surface area (TPSA) is 85.9 Å². The lowest BCUT2D eigenvalue weighted by atomic mass is 9.91. The van der Waals surface area contributed by atoms with Gasteiger partial charge in [0, 0.05) is 0 Å². The summed E-state index contributed by atoms with van der Waals surface area (Å²) >= 11 is 0. The molecule has 78 valence electrons. The average molecular weight is 207 g/mol. The van der Waals surface area contributed by atoms with Crippen molar-refractivity contribution in [2.75, 3.05) is 6.79 Å². The van der Waals surface area contributed by atoms with E-state index in [1.165, 1.54) is 0 Å². The van der Waals surface area contributed by atoms with E-state index in [0.717, 1.165) is 0 Å². The van der Waals surface area contributed by atoms with Gasteiger partial charge in [0.25, 0.3) is 0 Å². The maximum Gasteiger partial charge on any atom is 0.343 e. The molecular formula is C9H9N3O3. The molecule has 2 amide bonds. The second-order valence-electron chi connectivity index (χ2n) is 3.51. The van der Waals surface area contributed by atoms with Crippen molar-refractivity contribution in [2.45, 2.75) is 6.04 Å². The number of hydrogen-bond acceptors (Lipinski definition) is 4. The molecule has 0 radical (unpaired) electrons. The third-order valence-corrected chi connectivity index (χ3v) is 2.58. The summed E-state index contributed by atoms with van der Waals surface area (Å²) in [5.41, 5.74) is 5.68. The summed E-state index contributed by atoms with van der Waals surface area (Å²) < 4.78 is 10.4. The lowest BCUT2D eigenvalue weighted by Crippen LogP contribution is -2.49. The molecule has 0 saturated carbocycles. The summed E-state index contributed by atoms with van der Waals surface area (Å²) in [6.07, 6.45) is 3.62. The Labute approximate surface area is 85.4 Å². The lowest BCUT2D eigenvalue weighted by Gasteiger charge is -2.28. The Kier molecular flexibility index (Phi) is 1.53. The monoisotopic (exact) mass is 207 g/mol. The van der Waals surface area contributed by atoms with E-state index in [0.29, 0.717) is 17.4 Å².